The number of aromatic nitrogens is 1. The molecule has 0 aromatic carbocycles. The Morgan fingerprint density at radius 1 is 0.783 bits per heavy atom. The maximum absolute atomic E-state index is 4.12. The number of nitrogens with zero attached hydrogens (tertiary/aromatic N) is 1. The van der Waals surface area contributed by atoms with E-state index < -0.39 is 0 Å². The second kappa shape index (κ2) is 8.85. The van der Waals surface area contributed by atoms with Crippen molar-refractivity contribution >= 4 is 0 Å². The first-order valence-corrected chi connectivity index (χ1v) is 10.2. The van der Waals surface area contributed by atoms with Crippen molar-refractivity contribution in [1.82, 2.24) is 4.98 Å². The lowest BCUT2D eigenvalue weighted by Gasteiger charge is -2.38. The molecule has 0 aliphatic heterocycles. The van der Waals surface area contributed by atoms with Crippen LogP contribution in [0.15, 0.2) is 24.5 Å². The fraction of sp³-hybridized carbons (Fsp3) is 0.773. The fourth-order valence-electron chi connectivity index (χ4n) is 5.23. The first-order chi connectivity index (χ1) is 11.3. The van der Waals surface area contributed by atoms with Gasteiger partial charge in [0, 0.05) is 12.4 Å². The maximum Gasteiger partial charge on any atom is 0.0270 e. The lowest BCUT2D eigenvalue weighted by atomic mass is 9.68. The summed E-state index contributed by atoms with van der Waals surface area (Å²) in [4.78, 5) is 4.12. The van der Waals surface area contributed by atoms with Gasteiger partial charge in [-0.15, -0.1) is 0 Å². The van der Waals surface area contributed by atoms with Crippen molar-refractivity contribution in [3.8, 4) is 0 Å². The summed E-state index contributed by atoms with van der Waals surface area (Å²) >= 11 is 0. The Morgan fingerprint density at radius 3 is 1.83 bits per heavy atom. The Hall–Kier alpha value is -0.850. The molecule has 0 amide bonds. The molecule has 2 aliphatic carbocycles. The highest BCUT2D eigenvalue weighted by atomic mass is 14.6. The Kier molecular flexibility index (Phi) is 6.54. The molecule has 0 atom stereocenters. The first-order valence-electron chi connectivity index (χ1n) is 10.2. The Morgan fingerprint density at radius 2 is 1.30 bits per heavy atom. The molecular formula is C22H35N. The molecule has 0 bridgehead atoms. The second-order valence-electron chi connectivity index (χ2n) is 8.24. The predicted molar refractivity (Wildman–Crippen MR) is 98.4 cm³/mol. The van der Waals surface area contributed by atoms with E-state index in [4.69, 9.17) is 0 Å². The van der Waals surface area contributed by atoms with E-state index in [2.05, 4.69) is 24.0 Å². The van der Waals surface area contributed by atoms with Crippen LogP contribution < -0.4 is 0 Å². The van der Waals surface area contributed by atoms with Crippen LogP contribution in [0.1, 0.15) is 83.1 Å². The molecule has 1 aromatic heterocycles. The molecule has 2 fully saturated rings. The topological polar surface area (TPSA) is 12.9 Å². The van der Waals surface area contributed by atoms with E-state index in [-0.39, 0.29) is 0 Å². The van der Waals surface area contributed by atoms with Crippen molar-refractivity contribution in [3.05, 3.63) is 30.1 Å². The van der Waals surface area contributed by atoms with Crippen LogP contribution in [0.5, 0.6) is 0 Å². The smallest absolute Gasteiger partial charge is 0.0270 e. The predicted octanol–water partition coefficient (Wildman–Crippen LogP) is 6.43. The van der Waals surface area contributed by atoms with Crippen molar-refractivity contribution < 1.29 is 0 Å². The molecule has 2 aliphatic rings. The van der Waals surface area contributed by atoms with Crippen molar-refractivity contribution in [1.29, 1.82) is 0 Å². The highest BCUT2D eigenvalue weighted by Crippen LogP contribution is 2.42. The lowest BCUT2D eigenvalue weighted by molar-refractivity contribution is 0.141. The molecule has 3 rings (SSSR count). The van der Waals surface area contributed by atoms with Crippen LogP contribution >= 0.6 is 0 Å². The lowest BCUT2D eigenvalue weighted by Crippen LogP contribution is -2.26. The third-order valence-electron chi connectivity index (χ3n) is 6.74. The molecule has 23 heavy (non-hydrogen) atoms. The molecular weight excluding hydrogens is 278 g/mol. The normalized spacial score (nSPS) is 31.9. The quantitative estimate of drug-likeness (QED) is 0.590. The molecule has 0 spiro atoms. The Labute approximate surface area is 143 Å². The number of rotatable bonds is 6. The van der Waals surface area contributed by atoms with Gasteiger partial charge >= 0.3 is 0 Å². The molecule has 1 aromatic rings. The Balaban J connectivity index is 1.36. The minimum atomic E-state index is 0.982. The van der Waals surface area contributed by atoms with Crippen molar-refractivity contribution in [2.45, 2.75) is 84.0 Å². The molecule has 0 N–H and O–H groups in total. The van der Waals surface area contributed by atoms with Gasteiger partial charge < -0.3 is 0 Å². The first kappa shape index (κ1) is 17.0. The van der Waals surface area contributed by atoms with Crippen LogP contribution in [0.2, 0.25) is 0 Å². The van der Waals surface area contributed by atoms with Gasteiger partial charge in [0.25, 0.3) is 0 Å². The van der Waals surface area contributed by atoms with Gasteiger partial charge in [0.2, 0.25) is 0 Å². The van der Waals surface area contributed by atoms with Crippen LogP contribution in [0, 0.1) is 23.7 Å². The standard InChI is InChI=1S/C22H35N/c1-2-3-18-6-10-21(11-7-18)22-12-8-19(9-13-22)4-5-20-14-16-23-17-15-20/h14-19,21-22H,2-13H2,1H3. The van der Waals surface area contributed by atoms with Crippen LogP contribution in [-0.2, 0) is 6.42 Å². The minimum absolute atomic E-state index is 0.982. The molecule has 1 heterocycles. The van der Waals surface area contributed by atoms with Crippen LogP contribution in [0.25, 0.3) is 0 Å². The average molecular weight is 314 g/mol. The van der Waals surface area contributed by atoms with E-state index in [1.54, 1.807) is 0 Å². The fourth-order valence-corrected chi connectivity index (χ4v) is 5.23. The van der Waals surface area contributed by atoms with Gasteiger partial charge in [0.15, 0.2) is 0 Å². The van der Waals surface area contributed by atoms with E-state index >= 15 is 0 Å². The molecule has 0 saturated heterocycles. The van der Waals surface area contributed by atoms with E-state index in [0.717, 1.165) is 23.7 Å². The zero-order chi connectivity index (χ0) is 15.9. The monoisotopic (exact) mass is 313 g/mol. The number of pyridine rings is 1. The third-order valence-corrected chi connectivity index (χ3v) is 6.74. The molecule has 1 heteroatoms. The summed E-state index contributed by atoms with van der Waals surface area (Å²) in [6.07, 6.45) is 21.5. The zero-order valence-electron chi connectivity index (χ0n) is 15.1. The Bertz CT molecular complexity index is 425. The van der Waals surface area contributed by atoms with Crippen molar-refractivity contribution in [3.63, 3.8) is 0 Å². The molecule has 0 radical (unpaired) electrons. The van der Waals surface area contributed by atoms with Crippen LogP contribution in [-0.4, -0.2) is 4.98 Å². The third kappa shape index (κ3) is 5.06. The van der Waals surface area contributed by atoms with E-state index in [0.29, 0.717) is 0 Å². The molecule has 128 valence electrons. The number of hydrogen-bond donors (Lipinski definition) is 0. The largest absolute Gasteiger partial charge is 0.265 e. The van der Waals surface area contributed by atoms with Gasteiger partial charge in [0.05, 0.1) is 0 Å². The van der Waals surface area contributed by atoms with Crippen LogP contribution in [0.4, 0.5) is 0 Å². The van der Waals surface area contributed by atoms with E-state index in [9.17, 15) is 0 Å². The summed E-state index contributed by atoms with van der Waals surface area (Å²) < 4.78 is 0. The van der Waals surface area contributed by atoms with Crippen LogP contribution in [0.3, 0.4) is 0 Å². The SMILES string of the molecule is CCCC1CCC(C2CCC(CCc3ccncc3)CC2)CC1. The number of hydrogen-bond acceptors (Lipinski definition) is 1. The highest BCUT2D eigenvalue weighted by Gasteiger charge is 2.30. The van der Waals surface area contributed by atoms with E-state index in [1.165, 1.54) is 82.6 Å². The van der Waals surface area contributed by atoms with Gasteiger partial charge in [-0.05, 0) is 79.9 Å². The van der Waals surface area contributed by atoms with Gasteiger partial charge in [-0.1, -0.05) is 45.4 Å². The molecule has 2 saturated carbocycles. The molecule has 1 nitrogen and oxygen atoms in total. The van der Waals surface area contributed by atoms with Gasteiger partial charge in [-0.3, -0.25) is 4.98 Å². The van der Waals surface area contributed by atoms with Crippen molar-refractivity contribution in [2.75, 3.05) is 0 Å². The summed E-state index contributed by atoms with van der Waals surface area (Å²) in [5, 5.41) is 0. The maximum atomic E-state index is 4.12. The average Bonchev–Trinajstić information content (AvgIpc) is 2.62. The highest BCUT2D eigenvalue weighted by molar-refractivity contribution is 5.09. The second-order valence-corrected chi connectivity index (χ2v) is 8.24. The van der Waals surface area contributed by atoms with Gasteiger partial charge in [0.1, 0.15) is 0 Å². The molecule has 0 unspecified atom stereocenters. The summed E-state index contributed by atoms with van der Waals surface area (Å²) in [6, 6.07) is 4.36. The van der Waals surface area contributed by atoms with Gasteiger partial charge in [-0.25, -0.2) is 0 Å². The number of aryl methyl sites for hydroxylation is 1. The van der Waals surface area contributed by atoms with Gasteiger partial charge in [-0.2, -0.15) is 0 Å². The summed E-state index contributed by atoms with van der Waals surface area (Å²) in [5.74, 6) is 4.18. The minimum Gasteiger partial charge on any atom is -0.265 e. The summed E-state index contributed by atoms with van der Waals surface area (Å²) in [7, 11) is 0. The van der Waals surface area contributed by atoms with E-state index in [1.807, 2.05) is 12.4 Å². The summed E-state index contributed by atoms with van der Waals surface area (Å²) in [6.45, 7) is 2.35. The zero-order valence-corrected chi connectivity index (χ0v) is 15.1. The summed E-state index contributed by atoms with van der Waals surface area (Å²) in [5.41, 5.74) is 1.47. The van der Waals surface area contributed by atoms with Crippen molar-refractivity contribution in [2.24, 2.45) is 23.7 Å².